The van der Waals surface area contributed by atoms with Gasteiger partial charge in [-0.3, -0.25) is 4.40 Å². The van der Waals surface area contributed by atoms with Gasteiger partial charge in [0.2, 0.25) is 5.78 Å². The molecule has 0 spiro atoms. The molecule has 0 aliphatic heterocycles. The minimum atomic E-state index is 0.370. The van der Waals surface area contributed by atoms with E-state index in [1.54, 1.807) is 0 Å². The summed E-state index contributed by atoms with van der Waals surface area (Å²) in [5.74, 6) is 1.04. The molecule has 0 fully saturated rings. The van der Waals surface area contributed by atoms with Crippen molar-refractivity contribution in [2.75, 3.05) is 0 Å². The van der Waals surface area contributed by atoms with Gasteiger partial charge < -0.3 is 0 Å². The van der Waals surface area contributed by atoms with Gasteiger partial charge in [0.1, 0.15) is 0 Å². The second kappa shape index (κ2) is 6.97. The van der Waals surface area contributed by atoms with Gasteiger partial charge >= 0.3 is 0 Å². The highest BCUT2D eigenvalue weighted by atomic mass is 32.1. The normalized spacial score (nSPS) is 11.1. The lowest BCUT2D eigenvalue weighted by atomic mass is 9.97. The number of fused-ring (bicyclic) bond motifs is 1. The van der Waals surface area contributed by atoms with Crippen LogP contribution in [0.5, 0.6) is 0 Å². The van der Waals surface area contributed by atoms with Crippen LogP contribution in [0.1, 0.15) is 60.3 Å². The van der Waals surface area contributed by atoms with Crippen LogP contribution in [0.25, 0.3) is 11.4 Å². The monoisotopic (exact) mass is 362 g/mol. The standard InChI is InChI=1S/C21H22N4S/c1-6-18-20(25-11-17(12(2)3)10-23-21(25)24-18)14(5)15-7-16(9-22)13(4)19(26)8-15/h7-8,10-12,26H,5-6H2,1-4H3. The molecule has 0 saturated heterocycles. The maximum Gasteiger partial charge on any atom is 0.234 e. The summed E-state index contributed by atoms with van der Waals surface area (Å²) in [6.45, 7) is 12.6. The zero-order valence-electron chi connectivity index (χ0n) is 15.5. The summed E-state index contributed by atoms with van der Waals surface area (Å²) in [6, 6.07) is 6.07. The number of nitrogens with zero attached hydrogens (tertiary/aromatic N) is 4. The molecule has 2 heterocycles. The van der Waals surface area contributed by atoms with Crippen LogP contribution in [0.4, 0.5) is 0 Å². The summed E-state index contributed by atoms with van der Waals surface area (Å²) >= 11 is 4.52. The highest BCUT2D eigenvalue weighted by molar-refractivity contribution is 7.80. The van der Waals surface area contributed by atoms with Crippen molar-refractivity contribution in [3.8, 4) is 6.07 Å². The molecule has 3 aromatic rings. The van der Waals surface area contributed by atoms with E-state index in [0.717, 1.165) is 45.0 Å². The minimum Gasteiger partial charge on any atom is -0.283 e. The van der Waals surface area contributed by atoms with E-state index in [2.05, 4.69) is 62.2 Å². The van der Waals surface area contributed by atoms with Crippen LogP contribution >= 0.6 is 12.6 Å². The first-order valence-electron chi connectivity index (χ1n) is 8.67. The number of rotatable bonds is 4. The number of aryl methyl sites for hydroxylation is 1. The largest absolute Gasteiger partial charge is 0.283 e. The van der Waals surface area contributed by atoms with Crippen LogP contribution < -0.4 is 0 Å². The van der Waals surface area contributed by atoms with E-state index in [1.807, 2.05) is 29.7 Å². The molecule has 0 bridgehead atoms. The van der Waals surface area contributed by atoms with Crippen molar-refractivity contribution in [2.24, 2.45) is 0 Å². The van der Waals surface area contributed by atoms with E-state index < -0.39 is 0 Å². The third kappa shape index (κ3) is 3.02. The molecule has 0 amide bonds. The van der Waals surface area contributed by atoms with Crippen molar-refractivity contribution >= 4 is 24.0 Å². The number of hydrogen-bond acceptors (Lipinski definition) is 4. The molecule has 3 rings (SSSR count). The molecule has 0 saturated carbocycles. The third-order valence-electron chi connectivity index (χ3n) is 4.71. The van der Waals surface area contributed by atoms with Crippen LogP contribution in [0.3, 0.4) is 0 Å². The van der Waals surface area contributed by atoms with E-state index >= 15 is 0 Å². The lowest BCUT2D eigenvalue weighted by molar-refractivity contribution is 0.840. The van der Waals surface area contributed by atoms with Crippen molar-refractivity contribution in [3.63, 3.8) is 0 Å². The van der Waals surface area contributed by atoms with Crippen molar-refractivity contribution in [1.29, 1.82) is 5.26 Å². The molecule has 0 radical (unpaired) electrons. The number of hydrogen-bond donors (Lipinski definition) is 1. The van der Waals surface area contributed by atoms with Gasteiger partial charge in [-0.2, -0.15) is 5.26 Å². The van der Waals surface area contributed by atoms with Crippen LogP contribution in [-0.2, 0) is 6.42 Å². The van der Waals surface area contributed by atoms with Gasteiger partial charge in [0, 0.05) is 22.9 Å². The lowest BCUT2D eigenvalue weighted by Gasteiger charge is -2.12. The van der Waals surface area contributed by atoms with Gasteiger partial charge in [0.15, 0.2) is 0 Å². The maximum absolute atomic E-state index is 9.41. The summed E-state index contributed by atoms with van der Waals surface area (Å²) in [7, 11) is 0. The van der Waals surface area contributed by atoms with Crippen molar-refractivity contribution < 1.29 is 0 Å². The Morgan fingerprint density at radius 2 is 2.12 bits per heavy atom. The smallest absolute Gasteiger partial charge is 0.234 e. The van der Waals surface area contributed by atoms with Gasteiger partial charge in [-0.05, 0) is 48.1 Å². The summed E-state index contributed by atoms with van der Waals surface area (Å²) in [6.07, 6.45) is 4.74. The fourth-order valence-electron chi connectivity index (χ4n) is 2.98. The second-order valence-electron chi connectivity index (χ2n) is 6.73. The number of benzene rings is 1. The first kappa shape index (κ1) is 18.2. The zero-order chi connectivity index (χ0) is 19.0. The maximum atomic E-state index is 9.41. The van der Waals surface area contributed by atoms with Crippen LogP contribution in [0.15, 0.2) is 36.0 Å². The molecular formula is C21H22N4S. The number of aromatic nitrogens is 3. The molecule has 2 aromatic heterocycles. The number of imidazole rings is 1. The second-order valence-corrected chi connectivity index (χ2v) is 7.21. The molecule has 1 aromatic carbocycles. The predicted molar refractivity (Wildman–Crippen MR) is 108 cm³/mol. The van der Waals surface area contributed by atoms with Gasteiger partial charge in [-0.25, -0.2) is 9.97 Å². The van der Waals surface area contributed by atoms with E-state index in [1.165, 1.54) is 0 Å². The Kier molecular flexibility index (Phi) is 4.88. The first-order chi connectivity index (χ1) is 12.4. The van der Waals surface area contributed by atoms with Crippen LogP contribution in [-0.4, -0.2) is 14.4 Å². The average Bonchev–Trinajstić information content (AvgIpc) is 3.00. The van der Waals surface area contributed by atoms with Gasteiger partial charge in [-0.15, -0.1) is 12.6 Å². The van der Waals surface area contributed by atoms with Crippen molar-refractivity contribution in [3.05, 3.63) is 64.7 Å². The van der Waals surface area contributed by atoms with Crippen molar-refractivity contribution in [1.82, 2.24) is 14.4 Å². The molecule has 0 atom stereocenters. The van der Waals surface area contributed by atoms with Crippen LogP contribution in [0.2, 0.25) is 0 Å². The zero-order valence-corrected chi connectivity index (χ0v) is 16.4. The van der Waals surface area contributed by atoms with E-state index in [9.17, 15) is 5.26 Å². The first-order valence-corrected chi connectivity index (χ1v) is 9.12. The molecule has 5 heteroatoms. The van der Waals surface area contributed by atoms with Crippen LogP contribution in [0, 0.1) is 18.3 Å². The molecule has 26 heavy (non-hydrogen) atoms. The molecule has 0 aliphatic carbocycles. The Labute approximate surface area is 159 Å². The fraction of sp³-hybridized carbons (Fsp3) is 0.286. The Hall–Kier alpha value is -2.58. The predicted octanol–water partition coefficient (Wildman–Crippen LogP) is 4.95. The van der Waals surface area contributed by atoms with E-state index in [0.29, 0.717) is 17.3 Å². The third-order valence-corrected chi connectivity index (χ3v) is 5.17. The molecule has 0 aliphatic rings. The molecule has 4 nitrogen and oxygen atoms in total. The molecule has 0 unspecified atom stereocenters. The van der Waals surface area contributed by atoms with Gasteiger partial charge in [-0.1, -0.05) is 27.4 Å². The van der Waals surface area contributed by atoms with Gasteiger partial charge in [0.05, 0.1) is 23.0 Å². The number of thiol groups is 1. The minimum absolute atomic E-state index is 0.370. The highest BCUT2D eigenvalue weighted by Crippen LogP contribution is 2.30. The molecule has 0 N–H and O–H groups in total. The quantitative estimate of drug-likeness (QED) is 0.669. The Balaban J connectivity index is 2.24. The molecular weight excluding hydrogens is 340 g/mol. The Morgan fingerprint density at radius 1 is 1.38 bits per heavy atom. The number of nitriles is 1. The molecule has 132 valence electrons. The van der Waals surface area contributed by atoms with Gasteiger partial charge in [0.25, 0.3) is 0 Å². The van der Waals surface area contributed by atoms with Crippen molar-refractivity contribution in [2.45, 2.75) is 44.9 Å². The summed E-state index contributed by atoms with van der Waals surface area (Å²) in [5.41, 5.74) is 6.23. The summed E-state index contributed by atoms with van der Waals surface area (Å²) in [4.78, 5) is 9.97. The Bertz CT molecular complexity index is 1050. The summed E-state index contributed by atoms with van der Waals surface area (Å²) in [5, 5.41) is 9.41. The van der Waals surface area contributed by atoms with E-state index in [-0.39, 0.29) is 0 Å². The Morgan fingerprint density at radius 3 is 2.73 bits per heavy atom. The fourth-order valence-corrected chi connectivity index (χ4v) is 3.24. The topological polar surface area (TPSA) is 54.0 Å². The highest BCUT2D eigenvalue weighted by Gasteiger charge is 2.18. The summed E-state index contributed by atoms with van der Waals surface area (Å²) < 4.78 is 2.01. The SMILES string of the molecule is C=C(c1cc(S)c(C)c(C#N)c1)c1c(CC)nc2ncc(C(C)C)cn12. The van der Waals surface area contributed by atoms with E-state index in [4.69, 9.17) is 0 Å². The average molecular weight is 363 g/mol. The lowest BCUT2D eigenvalue weighted by Crippen LogP contribution is -2.01.